The molecular formula is C13H28N2O. The van der Waals surface area contributed by atoms with Gasteiger partial charge in [-0.05, 0) is 18.8 Å². The number of amides is 1. The lowest BCUT2D eigenvalue weighted by molar-refractivity contribution is -0.121. The normalized spacial score (nSPS) is 14.5. The molecule has 0 fully saturated rings. The molecule has 0 aliphatic heterocycles. The number of nitrogens with one attached hydrogen (secondary N) is 1. The summed E-state index contributed by atoms with van der Waals surface area (Å²) in [4.78, 5) is 11.5. The molecule has 0 rings (SSSR count). The number of carbonyl (C=O) groups is 1. The van der Waals surface area contributed by atoms with Crippen LogP contribution >= 0.6 is 0 Å². The summed E-state index contributed by atoms with van der Waals surface area (Å²) in [5.41, 5.74) is 5.73. The number of hydrogen-bond donors (Lipinski definition) is 2. The minimum atomic E-state index is 0.00992. The fourth-order valence-corrected chi connectivity index (χ4v) is 1.66. The third-order valence-corrected chi connectivity index (χ3v) is 3.10. The molecule has 0 aromatic rings. The zero-order valence-corrected chi connectivity index (χ0v) is 11.1. The van der Waals surface area contributed by atoms with Crippen molar-refractivity contribution in [2.75, 3.05) is 6.54 Å². The Morgan fingerprint density at radius 1 is 1.25 bits per heavy atom. The van der Waals surface area contributed by atoms with Crippen LogP contribution in [-0.4, -0.2) is 18.5 Å². The molecule has 2 atom stereocenters. The van der Waals surface area contributed by atoms with E-state index in [9.17, 15) is 4.79 Å². The van der Waals surface area contributed by atoms with E-state index < -0.39 is 0 Å². The Kier molecular flexibility index (Phi) is 9.30. The molecule has 0 saturated heterocycles. The molecule has 3 nitrogen and oxygen atoms in total. The monoisotopic (exact) mass is 228 g/mol. The van der Waals surface area contributed by atoms with Gasteiger partial charge in [-0.1, -0.05) is 40.0 Å². The van der Waals surface area contributed by atoms with Crippen molar-refractivity contribution in [1.82, 2.24) is 5.32 Å². The van der Waals surface area contributed by atoms with Crippen molar-refractivity contribution >= 4 is 5.91 Å². The molecule has 0 spiro atoms. The van der Waals surface area contributed by atoms with Gasteiger partial charge in [-0.25, -0.2) is 0 Å². The van der Waals surface area contributed by atoms with Crippen LogP contribution in [0.2, 0.25) is 0 Å². The summed E-state index contributed by atoms with van der Waals surface area (Å²) in [6.07, 6.45) is 6.16. The van der Waals surface area contributed by atoms with E-state index in [0.29, 0.717) is 12.3 Å². The largest absolute Gasteiger partial charge is 0.356 e. The Hall–Kier alpha value is -0.570. The average Bonchev–Trinajstić information content (AvgIpc) is 2.29. The highest BCUT2D eigenvalue weighted by atomic mass is 16.1. The molecule has 0 heterocycles. The molecule has 16 heavy (non-hydrogen) atoms. The number of rotatable bonds is 9. The first kappa shape index (κ1) is 15.4. The van der Waals surface area contributed by atoms with Gasteiger partial charge in [0.25, 0.3) is 0 Å². The molecule has 0 aromatic heterocycles. The highest BCUT2D eigenvalue weighted by Crippen LogP contribution is 2.11. The molecule has 0 radical (unpaired) electrons. The Morgan fingerprint density at radius 3 is 2.44 bits per heavy atom. The molecule has 0 aromatic carbocycles. The van der Waals surface area contributed by atoms with Crippen LogP contribution in [0.25, 0.3) is 0 Å². The Bertz CT molecular complexity index is 183. The number of carbonyl (C=O) groups excluding carboxylic acids is 1. The van der Waals surface area contributed by atoms with E-state index in [4.69, 9.17) is 5.73 Å². The van der Waals surface area contributed by atoms with Crippen LogP contribution in [0.4, 0.5) is 0 Å². The highest BCUT2D eigenvalue weighted by Gasteiger charge is 2.10. The smallest absolute Gasteiger partial charge is 0.221 e. The van der Waals surface area contributed by atoms with Crippen molar-refractivity contribution in [3.63, 3.8) is 0 Å². The highest BCUT2D eigenvalue weighted by molar-refractivity contribution is 5.76. The zero-order chi connectivity index (χ0) is 12.4. The minimum Gasteiger partial charge on any atom is -0.356 e. The van der Waals surface area contributed by atoms with Crippen molar-refractivity contribution in [3.05, 3.63) is 0 Å². The van der Waals surface area contributed by atoms with Crippen molar-refractivity contribution < 1.29 is 4.79 Å². The van der Waals surface area contributed by atoms with Gasteiger partial charge < -0.3 is 11.1 Å². The SMILES string of the molecule is CCCCC(CC)CNC(=O)CC(N)CC. The van der Waals surface area contributed by atoms with Crippen molar-refractivity contribution in [2.45, 2.75) is 65.3 Å². The lowest BCUT2D eigenvalue weighted by atomic mass is 9.99. The first-order valence-electron chi connectivity index (χ1n) is 6.66. The van der Waals surface area contributed by atoms with E-state index in [-0.39, 0.29) is 11.9 Å². The lowest BCUT2D eigenvalue weighted by Gasteiger charge is -2.16. The number of hydrogen-bond acceptors (Lipinski definition) is 2. The van der Waals surface area contributed by atoms with E-state index in [0.717, 1.165) is 19.4 Å². The molecule has 1 amide bonds. The van der Waals surface area contributed by atoms with Crippen molar-refractivity contribution in [1.29, 1.82) is 0 Å². The van der Waals surface area contributed by atoms with Gasteiger partial charge in [-0.2, -0.15) is 0 Å². The summed E-state index contributed by atoms with van der Waals surface area (Å²) >= 11 is 0. The third-order valence-electron chi connectivity index (χ3n) is 3.10. The van der Waals surface area contributed by atoms with E-state index in [2.05, 4.69) is 19.2 Å². The molecule has 0 saturated carbocycles. The Labute approximate surface area is 100 Å². The second-order valence-corrected chi connectivity index (χ2v) is 4.59. The van der Waals surface area contributed by atoms with Crippen LogP contribution in [0.3, 0.4) is 0 Å². The molecule has 3 N–H and O–H groups in total. The molecular weight excluding hydrogens is 200 g/mol. The van der Waals surface area contributed by atoms with Gasteiger partial charge in [-0.15, -0.1) is 0 Å². The average molecular weight is 228 g/mol. The van der Waals surface area contributed by atoms with Crippen LogP contribution in [0.15, 0.2) is 0 Å². The number of unbranched alkanes of at least 4 members (excludes halogenated alkanes) is 1. The van der Waals surface area contributed by atoms with Crippen LogP contribution in [-0.2, 0) is 4.79 Å². The summed E-state index contributed by atoms with van der Waals surface area (Å²) in [6, 6.07) is 0.00992. The first-order chi connectivity index (χ1) is 7.63. The van der Waals surface area contributed by atoms with Crippen molar-refractivity contribution in [3.8, 4) is 0 Å². The second kappa shape index (κ2) is 9.64. The topological polar surface area (TPSA) is 55.1 Å². The van der Waals surface area contributed by atoms with Gasteiger partial charge in [0.2, 0.25) is 5.91 Å². The third kappa shape index (κ3) is 7.69. The Morgan fingerprint density at radius 2 is 1.94 bits per heavy atom. The predicted octanol–water partition coefficient (Wildman–Crippen LogP) is 2.45. The maximum Gasteiger partial charge on any atom is 0.221 e. The molecule has 0 aliphatic carbocycles. The van der Waals surface area contributed by atoms with Crippen LogP contribution in [0.1, 0.15) is 59.3 Å². The van der Waals surface area contributed by atoms with Gasteiger partial charge in [0.05, 0.1) is 0 Å². The zero-order valence-electron chi connectivity index (χ0n) is 11.1. The molecule has 0 bridgehead atoms. The molecule has 0 aliphatic rings. The van der Waals surface area contributed by atoms with Gasteiger partial charge >= 0.3 is 0 Å². The van der Waals surface area contributed by atoms with Gasteiger partial charge in [0, 0.05) is 19.0 Å². The molecule has 96 valence electrons. The van der Waals surface area contributed by atoms with Crippen LogP contribution in [0, 0.1) is 5.92 Å². The summed E-state index contributed by atoms with van der Waals surface area (Å²) in [7, 11) is 0. The minimum absolute atomic E-state index is 0.00992. The number of nitrogens with two attached hydrogens (primary N) is 1. The van der Waals surface area contributed by atoms with E-state index >= 15 is 0 Å². The fraction of sp³-hybridized carbons (Fsp3) is 0.923. The van der Waals surface area contributed by atoms with Crippen molar-refractivity contribution in [2.24, 2.45) is 11.7 Å². The molecule has 3 heteroatoms. The standard InChI is InChI=1S/C13H28N2O/c1-4-7-8-11(5-2)10-15-13(16)9-12(14)6-3/h11-12H,4-10,14H2,1-3H3,(H,15,16). The molecule has 2 unspecified atom stereocenters. The lowest BCUT2D eigenvalue weighted by Crippen LogP contribution is -2.34. The maximum atomic E-state index is 11.5. The Balaban J connectivity index is 3.70. The predicted molar refractivity (Wildman–Crippen MR) is 69.2 cm³/mol. The fourth-order valence-electron chi connectivity index (χ4n) is 1.66. The van der Waals surface area contributed by atoms with Gasteiger partial charge in [0.1, 0.15) is 0 Å². The quantitative estimate of drug-likeness (QED) is 0.637. The summed E-state index contributed by atoms with van der Waals surface area (Å²) in [5, 5.41) is 2.99. The summed E-state index contributed by atoms with van der Waals surface area (Å²) in [5.74, 6) is 0.728. The van der Waals surface area contributed by atoms with Crippen LogP contribution in [0.5, 0.6) is 0 Å². The summed E-state index contributed by atoms with van der Waals surface area (Å²) < 4.78 is 0. The van der Waals surface area contributed by atoms with E-state index in [1.165, 1.54) is 19.3 Å². The maximum absolute atomic E-state index is 11.5. The summed E-state index contributed by atoms with van der Waals surface area (Å²) in [6.45, 7) is 7.20. The van der Waals surface area contributed by atoms with Gasteiger partial charge in [-0.3, -0.25) is 4.79 Å². The van der Waals surface area contributed by atoms with Gasteiger partial charge in [0.15, 0.2) is 0 Å². The van der Waals surface area contributed by atoms with E-state index in [1.807, 2.05) is 6.92 Å². The van der Waals surface area contributed by atoms with E-state index in [1.54, 1.807) is 0 Å². The van der Waals surface area contributed by atoms with Crippen LogP contribution < -0.4 is 11.1 Å². The second-order valence-electron chi connectivity index (χ2n) is 4.59. The first-order valence-corrected chi connectivity index (χ1v) is 6.66.